The Labute approximate surface area is 183 Å². The molecule has 1 unspecified atom stereocenters. The van der Waals surface area contributed by atoms with Crippen LogP contribution in [0.2, 0.25) is 0 Å². The molecule has 0 bridgehead atoms. The second-order valence-electron chi connectivity index (χ2n) is 7.93. The first-order chi connectivity index (χ1) is 14.8. The van der Waals surface area contributed by atoms with Gasteiger partial charge in [0.1, 0.15) is 0 Å². The molecule has 0 spiro atoms. The van der Waals surface area contributed by atoms with Crippen LogP contribution in [-0.4, -0.2) is 21.5 Å². The molecule has 4 rings (SSSR count). The molecule has 0 N–H and O–H groups in total. The van der Waals surface area contributed by atoms with Gasteiger partial charge in [-0.15, -0.1) is 0 Å². The van der Waals surface area contributed by atoms with Crippen molar-refractivity contribution in [1.29, 1.82) is 0 Å². The van der Waals surface area contributed by atoms with E-state index in [2.05, 4.69) is 0 Å². The summed E-state index contributed by atoms with van der Waals surface area (Å²) in [5.41, 5.74) is 5.48. The number of fused-ring (bicyclic) bond motifs is 3. The van der Waals surface area contributed by atoms with Crippen LogP contribution in [-0.2, 0) is 19.6 Å². The number of nitrogens with zero attached hydrogens (tertiary/aromatic N) is 1. The molecule has 1 aliphatic rings. The van der Waals surface area contributed by atoms with Crippen molar-refractivity contribution < 1.29 is 17.9 Å². The summed E-state index contributed by atoms with van der Waals surface area (Å²) in [6, 6.07) is 18.1. The quantitative estimate of drug-likeness (QED) is 0.536. The summed E-state index contributed by atoms with van der Waals surface area (Å²) in [5.74, 6) is -0.461. The topological polar surface area (TPSA) is 63.7 Å². The number of benzene rings is 3. The lowest BCUT2D eigenvalue weighted by molar-refractivity contribution is -0.141. The van der Waals surface area contributed by atoms with E-state index in [0.717, 1.165) is 22.3 Å². The summed E-state index contributed by atoms with van der Waals surface area (Å²) in [7, 11) is -2.66. The molecule has 0 aliphatic carbocycles. The summed E-state index contributed by atoms with van der Waals surface area (Å²) < 4.78 is 34.7. The first-order valence-electron chi connectivity index (χ1n) is 10.1. The molecule has 0 saturated heterocycles. The molecule has 5 nitrogen and oxygen atoms in total. The highest BCUT2D eigenvalue weighted by molar-refractivity contribution is 7.93. The highest BCUT2D eigenvalue weighted by atomic mass is 32.2. The molecule has 6 heteroatoms. The maximum Gasteiger partial charge on any atom is 0.307 e. The van der Waals surface area contributed by atoms with E-state index in [-0.39, 0.29) is 11.3 Å². The number of methoxy groups -OCH3 is 1. The zero-order chi connectivity index (χ0) is 22.3. The van der Waals surface area contributed by atoms with Crippen molar-refractivity contribution in [2.45, 2.75) is 38.1 Å². The number of sulfonamides is 1. The Balaban J connectivity index is 2.02. The SMILES string of the molecule is COC(=O)CC1c2ccccc2-c2ccccc2N1S(=O)(=O)c1c(C)cc(C)cc1C. The minimum absolute atomic E-state index is 0.0783. The van der Waals surface area contributed by atoms with E-state index in [9.17, 15) is 13.2 Å². The molecule has 160 valence electrons. The number of carbonyl (C=O) groups excluding carboxylic acids is 1. The number of aryl methyl sites for hydroxylation is 3. The normalized spacial score (nSPS) is 15.2. The number of para-hydroxylation sites is 1. The van der Waals surface area contributed by atoms with Crippen molar-refractivity contribution in [2.24, 2.45) is 0 Å². The average Bonchev–Trinajstić information content (AvgIpc) is 2.72. The fraction of sp³-hybridized carbons (Fsp3) is 0.240. The third kappa shape index (κ3) is 3.51. The predicted molar refractivity (Wildman–Crippen MR) is 122 cm³/mol. The molecule has 1 heterocycles. The van der Waals surface area contributed by atoms with Crippen LogP contribution in [0.25, 0.3) is 11.1 Å². The van der Waals surface area contributed by atoms with Gasteiger partial charge >= 0.3 is 5.97 Å². The largest absolute Gasteiger partial charge is 0.469 e. The van der Waals surface area contributed by atoms with Crippen molar-refractivity contribution in [1.82, 2.24) is 0 Å². The van der Waals surface area contributed by atoms with Crippen molar-refractivity contribution in [2.75, 3.05) is 11.4 Å². The molecule has 3 aromatic carbocycles. The Hall–Kier alpha value is -3.12. The first kappa shape index (κ1) is 21.1. The Morgan fingerprint density at radius 1 is 0.935 bits per heavy atom. The molecule has 0 radical (unpaired) electrons. The lowest BCUT2D eigenvalue weighted by atomic mass is 9.88. The van der Waals surface area contributed by atoms with Crippen LogP contribution in [0.5, 0.6) is 0 Å². The number of ether oxygens (including phenoxy) is 1. The van der Waals surface area contributed by atoms with Crippen LogP contribution in [0, 0.1) is 20.8 Å². The van der Waals surface area contributed by atoms with Crippen LogP contribution in [0.4, 0.5) is 5.69 Å². The number of hydrogen-bond donors (Lipinski definition) is 0. The van der Waals surface area contributed by atoms with E-state index in [0.29, 0.717) is 16.8 Å². The van der Waals surface area contributed by atoms with Gasteiger partial charge in [-0.3, -0.25) is 9.10 Å². The van der Waals surface area contributed by atoms with Gasteiger partial charge in [-0.2, -0.15) is 0 Å². The number of carbonyl (C=O) groups is 1. The highest BCUT2D eigenvalue weighted by Gasteiger charge is 2.41. The van der Waals surface area contributed by atoms with Gasteiger partial charge in [-0.05, 0) is 49.1 Å². The van der Waals surface area contributed by atoms with Crippen molar-refractivity contribution >= 4 is 21.7 Å². The highest BCUT2D eigenvalue weighted by Crippen LogP contribution is 2.48. The Morgan fingerprint density at radius 2 is 1.52 bits per heavy atom. The van der Waals surface area contributed by atoms with Crippen LogP contribution in [0.15, 0.2) is 65.6 Å². The Morgan fingerprint density at radius 3 is 2.16 bits per heavy atom. The lowest BCUT2D eigenvalue weighted by Crippen LogP contribution is -2.39. The third-order valence-electron chi connectivity index (χ3n) is 5.74. The van der Waals surface area contributed by atoms with E-state index in [4.69, 9.17) is 4.74 Å². The average molecular weight is 436 g/mol. The fourth-order valence-electron chi connectivity index (χ4n) is 4.62. The molecule has 3 aromatic rings. The summed E-state index contributed by atoms with van der Waals surface area (Å²) >= 11 is 0. The number of anilines is 1. The minimum Gasteiger partial charge on any atom is -0.469 e. The minimum atomic E-state index is -3.97. The van der Waals surface area contributed by atoms with Crippen molar-refractivity contribution in [3.05, 3.63) is 82.9 Å². The van der Waals surface area contributed by atoms with Crippen LogP contribution >= 0.6 is 0 Å². The number of hydrogen-bond acceptors (Lipinski definition) is 4. The van der Waals surface area contributed by atoms with E-state index >= 15 is 0 Å². The maximum absolute atomic E-state index is 14.2. The molecule has 1 atom stereocenters. The molecular formula is C25H25NO4S. The number of rotatable bonds is 4. The Bertz CT molecular complexity index is 1260. The second-order valence-corrected chi connectivity index (χ2v) is 9.68. The van der Waals surface area contributed by atoms with Crippen LogP contribution in [0.1, 0.15) is 34.7 Å². The summed E-state index contributed by atoms with van der Waals surface area (Å²) in [6.45, 7) is 5.57. The van der Waals surface area contributed by atoms with E-state index in [1.807, 2.05) is 75.4 Å². The zero-order valence-corrected chi connectivity index (χ0v) is 18.9. The van der Waals surface area contributed by atoms with E-state index < -0.39 is 22.0 Å². The molecule has 1 aliphatic heterocycles. The summed E-state index contributed by atoms with van der Waals surface area (Å²) in [6.07, 6.45) is -0.0783. The van der Waals surface area contributed by atoms with Gasteiger partial charge < -0.3 is 4.74 Å². The smallest absolute Gasteiger partial charge is 0.307 e. The summed E-state index contributed by atoms with van der Waals surface area (Å²) in [4.78, 5) is 12.6. The van der Waals surface area contributed by atoms with Gasteiger partial charge in [0.2, 0.25) is 0 Å². The zero-order valence-electron chi connectivity index (χ0n) is 18.0. The fourth-order valence-corrected chi connectivity index (χ4v) is 6.69. The van der Waals surface area contributed by atoms with Gasteiger partial charge in [-0.25, -0.2) is 8.42 Å². The molecular weight excluding hydrogens is 410 g/mol. The first-order valence-corrected chi connectivity index (χ1v) is 11.6. The van der Waals surface area contributed by atoms with Crippen molar-refractivity contribution in [3.8, 4) is 11.1 Å². The lowest BCUT2D eigenvalue weighted by Gasteiger charge is -2.39. The monoisotopic (exact) mass is 435 g/mol. The van der Waals surface area contributed by atoms with E-state index in [1.54, 1.807) is 6.07 Å². The predicted octanol–water partition coefficient (Wildman–Crippen LogP) is 5.09. The van der Waals surface area contributed by atoms with Gasteiger partial charge in [-0.1, -0.05) is 60.2 Å². The van der Waals surface area contributed by atoms with E-state index in [1.165, 1.54) is 11.4 Å². The molecule has 0 fully saturated rings. The second kappa shape index (κ2) is 7.85. The van der Waals surface area contributed by atoms with Gasteiger partial charge in [0, 0.05) is 5.56 Å². The number of esters is 1. The van der Waals surface area contributed by atoms with Crippen molar-refractivity contribution in [3.63, 3.8) is 0 Å². The molecule has 31 heavy (non-hydrogen) atoms. The molecule has 0 saturated carbocycles. The van der Waals surface area contributed by atoms with Gasteiger partial charge in [0.25, 0.3) is 10.0 Å². The van der Waals surface area contributed by atoms with Gasteiger partial charge in [0.15, 0.2) is 0 Å². The van der Waals surface area contributed by atoms with Crippen LogP contribution < -0.4 is 4.31 Å². The standard InChI is InChI=1S/C25H25NO4S/c1-16-13-17(2)25(18(3)14-16)31(28,29)26-22-12-8-7-10-20(22)19-9-5-6-11-21(19)23(26)15-24(27)30-4/h5-14,23H,15H2,1-4H3. The van der Waals surface area contributed by atoms with Gasteiger partial charge in [0.05, 0.1) is 30.2 Å². The molecule has 0 amide bonds. The Kier molecular flexibility index (Phi) is 5.35. The third-order valence-corrected chi connectivity index (χ3v) is 7.87. The molecule has 0 aromatic heterocycles. The van der Waals surface area contributed by atoms with Crippen LogP contribution in [0.3, 0.4) is 0 Å². The summed E-state index contributed by atoms with van der Waals surface area (Å²) in [5, 5.41) is 0. The maximum atomic E-state index is 14.2.